The second kappa shape index (κ2) is 6.63. The maximum Gasteiger partial charge on any atom is 0.254 e. The molecule has 138 valence electrons. The summed E-state index contributed by atoms with van der Waals surface area (Å²) >= 11 is 1.77. The zero-order valence-electron chi connectivity index (χ0n) is 15.1. The summed E-state index contributed by atoms with van der Waals surface area (Å²) in [5.74, 6) is 0.561. The Labute approximate surface area is 156 Å². The number of amides is 1. The second-order valence-corrected chi connectivity index (χ2v) is 8.06. The third kappa shape index (κ3) is 2.99. The summed E-state index contributed by atoms with van der Waals surface area (Å²) in [6.45, 7) is 5.59. The fourth-order valence-corrected chi connectivity index (χ4v) is 5.23. The van der Waals surface area contributed by atoms with Gasteiger partial charge in [0, 0.05) is 29.2 Å². The minimum Gasteiger partial charge on any atom is -0.369 e. The van der Waals surface area contributed by atoms with Crippen molar-refractivity contribution in [3.63, 3.8) is 0 Å². The van der Waals surface area contributed by atoms with Crippen LogP contribution in [0.3, 0.4) is 0 Å². The molecule has 1 fully saturated rings. The number of piperidine rings is 1. The van der Waals surface area contributed by atoms with Gasteiger partial charge in [0.15, 0.2) is 0 Å². The predicted molar refractivity (Wildman–Crippen MR) is 99.5 cm³/mol. The summed E-state index contributed by atoms with van der Waals surface area (Å²) in [5, 5.41) is 2.14. The van der Waals surface area contributed by atoms with Gasteiger partial charge in [0.25, 0.3) is 5.56 Å². The zero-order chi connectivity index (χ0) is 18.3. The van der Waals surface area contributed by atoms with Crippen molar-refractivity contribution in [2.24, 2.45) is 0 Å². The highest BCUT2D eigenvalue weighted by molar-refractivity contribution is 7.10. The van der Waals surface area contributed by atoms with Crippen LogP contribution in [0.1, 0.15) is 40.4 Å². The Morgan fingerprint density at radius 2 is 2.15 bits per heavy atom. The Bertz CT molecular complexity index is 894. The smallest absolute Gasteiger partial charge is 0.254 e. The van der Waals surface area contributed by atoms with Gasteiger partial charge in [-0.3, -0.25) is 9.59 Å². The highest BCUT2D eigenvalue weighted by Crippen LogP contribution is 2.44. The van der Waals surface area contributed by atoms with Crippen LogP contribution in [0.25, 0.3) is 0 Å². The number of rotatable bonds is 2. The summed E-state index contributed by atoms with van der Waals surface area (Å²) in [4.78, 5) is 35.0. The molecule has 1 amide bonds. The van der Waals surface area contributed by atoms with Crippen molar-refractivity contribution >= 4 is 17.2 Å². The first-order valence-corrected chi connectivity index (χ1v) is 9.91. The van der Waals surface area contributed by atoms with E-state index in [0.29, 0.717) is 30.2 Å². The van der Waals surface area contributed by atoms with Crippen molar-refractivity contribution in [3.05, 3.63) is 49.3 Å². The van der Waals surface area contributed by atoms with Crippen LogP contribution in [0.15, 0.2) is 16.2 Å². The largest absolute Gasteiger partial charge is 0.369 e. The molecule has 0 radical (unpaired) electrons. The first-order valence-electron chi connectivity index (χ1n) is 9.03. The van der Waals surface area contributed by atoms with Crippen LogP contribution in [-0.2, 0) is 28.0 Å². The predicted octanol–water partition coefficient (Wildman–Crippen LogP) is 2.08. The molecular weight excluding hydrogens is 350 g/mol. The first kappa shape index (κ1) is 17.4. The van der Waals surface area contributed by atoms with E-state index in [1.165, 1.54) is 10.4 Å². The van der Waals surface area contributed by atoms with Crippen molar-refractivity contribution in [1.29, 1.82) is 0 Å². The van der Waals surface area contributed by atoms with Crippen molar-refractivity contribution in [2.75, 3.05) is 19.7 Å². The molecule has 4 rings (SSSR count). The molecule has 2 aliphatic heterocycles. The summed E-state index contributed by atoms with van der Waals surface area (Å²) in [6.07, 6.45) is 2.71. The molecule has 0 saturated carbocycles. The molecule has 2 aromatic heterocycles. The number of carbonyl (C=O) groups excluding carboxylic acids is 1. The van der Waals surface area contributed by atoms with Gasteiger partial charge < -0.3 is 14.6 Å². The lowest BCUT2D eigenvalue weighted by molar-refractivity contribution is -0.139. The molecule has 4 heterocycles. The van der Waals surface area contributed by atoms with Gasteiger partial charge in [-0.1, -0.05) is 0 Å². The lowest BCUT2D eigenvalue weighted by atomic mass is 9.85. The minimum atomic E-state index is -0.225. The molecule has 26 heavy (non-hydrogen) atoms. The van der Waals surface area contributed by atoms with E-state index in [2.05, 4.69) is 21.4 Å². The molecule has 7 heteroatoms. The quantitative estimate of drug-likeness (QED) is 0.875. The molecule has 0 atom stereocenters. The minimum absolute atomic E-state index is 0.0127. The summed E-state index contributed by atoms with van der Waals surface area (Å²) < 4.78 is 6.20. The van der Waals surface area contributed by atoms with Gasteiger partial charge in [-0.25, -0.2) is 4.98 Å². The number of fused-ring (bicyclic) bond motifs is 2. The van der Waals surface area contributed by atoms with E-state index < -0.39 is 0 Å². The Balaban J connectivity index is 1.46. The zero-order valence-corrected chi connectivity index (χ0v) is 15.9. The molecule has 2 aromatic rings. The molecule has 1 saturated heterocycles. The van der Waals surface area contributed by atoms with Crippen LogP contribution < -0.4 is 5.56 Å². The van der Waals surface area contributed by atoms with Crippen molar-refractivity contribution < 1.29 is 9.53 Å². The number of carbonyl (C=O) groups is 1. The van der Waals surface area contributed by atoms with Crippen molar-refractivity contribution in [3.8, 4) is 0 Å². The molecule has 1 spiro atoms. The first-order chi connectivity index (χ1) is 12.5. The topological polar surface area (TPSA) is 75.3 Å². The van der Waals surface area contributed by atoms with E-state index in [-0.39, 0.29) is 23.5 Å². The van der Waals surface area contributed by atoms with Gasteiger partial charge >= 0.3 is 0 Å². The highest BCUT2D eigenvalue weighted by Gasteiger charge is 2.42. The molecule has 1 N–H and O–H groups in total. The van der Waals surface area contributed by atoms with Gasteiger partial charge in [-0.15, -0.1) is 11.3 Å². The molecule has 0 bridgehead atoms. The normalized spacial score (nSPS) is 18.8. The number of aromatic nitrogens is 2. The number of aromatic amines is 1. The third-order valence-corrected chi connectivity index (χ3v) is 6.64. The number of aryl methyl sites for hydroxylation is 2. The molecule has 0 unspecified atom stereocenters. The van der Waals surface area contributed by atoms with Gasteiger partial charge in [-0.2, -0.15) is 0 Å². The fraction of sp³-hybridized carbons (Fsp3) is 0.526. The van der Waals surface area contributed by atoms with E-state index in [4.69, 9.17) is 4.74 Å². The maximum atomic E-state index is 12.7. The third-order valence-electron chi connectivity index (χ3n) is 5.50. The molecular formula is C19H23N3O3S. The summed E-state index contributed by atoms with van der Waals surface area (Å²) in [6, 6.07) is 2.20. The van der Waals surface area contributed by atoms with Crippen LogP contribution >= 0.6 is 11.3 Å². The van der Waals surface area contributed by atoms with Gasteiger partial charge in [0.05, 0.1) is 13.0 Å². The Morgan fingerprint density at radius 3 is 2.88 bits per heavy atom. The van der Waals surface area contributed by atoms with Crippen LogP contribution in [0.4, 0.5) is 0 Å². The van der Waals surface area contributed by atoms with Crippen molar-refractivity contribution in [1.82, 2.24) is 14.9 Å². The average Bonchev–Trinajstić information content (AvgIpc) is 3.09. The Hall–Kier alpha value is -1.99. The van der Waals surface area contributed by atoms with Crippen LogP contribution in [0.2, 0.25) is 0 Å². The van der Waals surface area contributed by atoms with Crippen LogP contribution in [0, 0.1) is 13.8 Å². The second-order valence-electron chi connectivity index (χ2n) is 7.14. The highest BCUT2D eigenvalue weighted by atomic mass is 32.1. The van der Waals surface area contributed by atoms with Crippen LogP contribution in [-0.4, -0.2) is 40.5 Å². The van der Waals surface area contributed by atoms with E-state index in [1.807, 2.05) is 4.90 Å². The molecule has 2 aliphatic rings. The SMILES string of the molecule is Cc1nc(C)c(CC(=O)N2CCC3(CC2)OCCc2ccsc23)c(=O)[nH]1. The van der Waals surface area contributed by atoms with Gasteiger partial charge in [-0.05, 0) is 50.1 Å². The standard InChI is InChI=1S/C19H23N3O3S/c1-12-15(18(24)21-13(2)20-12)11-16(23)22-7-5-19(6-8-22)17-14(3-9-25-19)4-10-26-17/h4,10H,3,5-9,11H2,1-2H3,(H,20,21,24). The van der Waals surface area contributed by atoms with E-state index in [1.54, 1.807) is 25.2 Å². The molecule has 6 nitrogen and oxygen atoms in total. The van der Waals surface area contributed by atoms with Gasteiger partial charge in [0.1, 0.15) is 11.4 Å². The average molecular weight is 373 g/mol. The summed E-state index contributed by atoms with van der Waals surface area (Å²) in [5.41, 5.74) is 2.06. The van der Waals surface area contributed by atoms with Gasteiger partial charge in [0.2, 0.25) is 5.91 Å². The van der Waals surface area contributed by atoms with E-state index >= 15 is 0 Å². The number of H-pyrrole nitrogens is 1. The number of likely N-dealkylation sites (tertiary alicyclic amines) is 1. The lowest BCUT2D eigenvalue weighted by Gasteiger charge is -2.43. The monoisotopic (exact) mass is 373 g/mol. The molecule has 0 aliphatic carbocycles. The molecule has 0 aromatic carbocycles. The lowest BCUT2D eigenvalue weighted by Crippen LogP contribution is -2.48. The number of nitrogens with zero attached hydrogens (tertiary/aromatic N) is 2. The Kier molecular flexibility index (Phi) is 4.44. The maximum absolute atomic E-state index is 12.7. The van der Waals surface area contributed by atoms with Crippen molar-refractivity contribution in [2.45, 2.75) is 45.1 Å². The fourth-order valence-electron chi connectivity index (χ4n) is 4.07. The number of thiophene rings is 1. The number of ether oxygens (including phenoxy) is 1. The number of hydrogen-bond donors (Lipinski definition) is 1. The number of hydrogen-bond acceptors (Lipinski definition) is 5. The van der Waals surface area contributed by atoms with Crippen LogP contribution in [0.5, 0.6) is 0 Å². The van der Waals surface area contributed by atoms with E-state index in [0.717, 1.165) is 25.9 Å². The summed E-state index contributed by atoms with van der Waals surface area (Å²) in [7, 11) is 0. The Morgan fingerprint density at radius 1 is 1.38 bits per heavy atom. The number of nitrogens with one attached hydrogen (secondary N) is 1. The van der Waals surface area contributed by atoms with E-state index in [9.17, 15) is 9.59 Å².